The highest BCUT2D eigenvalue weighted by atomic mass is 16.3. The molecule has 3 N–H and O–H groups in total. The van der Waals surface area contributed by atoms with E-state index in [1.807, 2.05) is 25.7 Å². The molecule has 0 saturated carbocycles. The van der Waals surface area contributed by atoms with E-state index in [1.165, 1.54) is 6.26 Å². The summed E-state index contributed by atoms with van der Waals surface area (Å²) in [7, 11) is 0. The summed E-state index contributed by atoms with van der Waals surface area (Å²) in [6, 6.07) is 2.86. The highest BCUT2D eigenvalue weighted by molar-refractivity contribution is 5.95. The van der Waals surface area contributed by atoms with Crippen molar-refractivity contribution in [3.8, 4) is 0 Å². The van der Waals surface area contributed by atoms with E-state index in [-0.39, 0.29) is 29.5 Å². The van der Waals surface area contributed by atoms with E-state index in [2.05, 4.69) is 5.32 Å². The lowest BCUT2D eigenvalue weighted by molar-refractivity contribution is -0.135. The molecule has 1 aromatic rings. The molecule has 2 atom stereocenters. The SMILES string of the molecule is CC(C)C(NC(=O)c1ccco1)C(=O)N1CCC(C(C)N)CC1. The molecular weight excluding hydrogens is 294 g/mol. The summed E-state index contributed by atoms with van der Waals surface area (Å²) in [5, 5.41) is 2.80. The first-order valence-electron chi connectivity index (χ1n) is 8.29. The van der Waals surface area contributed by atoms with Gasteiger partial charge in [-0.2, -0.15) is 0 Å². The zero-order chi connectivity index (χ0) is 17.0. The number of carbonyl (C=O) groups excluding carboxylic acids is 2. The minimum absolute atomic E-state index is 0.00701. The number of hydrogen-bond donors (Lipinski definition) is 2. The number of likely N-dealkylation sites (tertiary alicyclic amines) is 1. The number of furan rings is 1. The number of nitrogens with two attached hydrogens (primary N) is 1. The van der Waals surface area contributed by atoms with E-state index >= 15 is 0 Å². The van der Waals surface area contributed by atoms with Crippen LogP contribution in [0.1, 0.15) is 44.2 Å². The second-order valence-electron chi connectivity index (χ2n) is 6.69. The maximum Gasteiger partial charge on any atom is 0.287 e. The van der Waals surface area contributed by atoms with Crippen molar-refractivity contribution >= 4 is 11.8 Å². The Morgan fingerprint density at radius 2 is 1.96 bits per heavy atom. The zero-order valence-electron chi connectivity index (χ0n) is 14.1. The van der Waals surface area contributed by atoms with Crippen molar-refractivity contribution in [3.63, 3.8) is 0 Å². The van der Waals surface area contributed by atoms with Gasteiger partial charge in [0, 0.05) is 19.1 Å². The largest absolute Gasteiger partial charge is 0.459 e. The smallest absolute Gasteiger partial charge is 0.287 e. The summed E-state index contributed by atoms with van der Waals surface area (Å²) < 4.78 is 5.09. The number of nitrogens with one attached hydrogen (secondary N) is 1. The van der Waals surface area contributed by atoms with E-state index < -0.39 is 6.04 Å². The number of amides is 2. The Balaban J connectivity index is 1.98. The van der Waals surface area contributed by atoms with Gasteiger partial charge in [0.25, 0.3) is 5.91 Å². The summed E-state index contributed by atoms with van der Waals surface area (Å²) in [6.45, 7) is 7.28. The first kappa shape index (κ1) is 17.5. The molecule has 0 aliphatic carbocycles. The van der Waals surface area contributed by atoms with Gasteiger partial charge in [0.2, 0.25) is 5.91 Å². The molecular formula is C17H27N3O3. The lowest BCUT2D eigenvalue weighted by Crippen LogP contribution is -2.53. The molecule has 6 nitrogen and oxygen atoms in total. The van der Waals surface area contributed by atoms with Crippen molar-refractivity contribution in [1.82, 2.24) is 10.2 Å². The van der Waals surface area contributed by atoms with Gasteiger partial charge < -0.3 is 20.4 Å². The van der Waals surface area contributed by atoms with Crippen molar-refractivity contribution in [2.24, 2.45) is 17.6 Å². The fourth-order valence-corrected chi connectivity index (χ4v) is 2.98. The Kier molecular flexibility index (Phi) is 5.82. The third-order valence-electron chi connectivity index (χ3n) is 4.56. The van der Waals surface area contributed by atoms with Crippen LogP contribution in [-0.2, 0) is 4.79 Å². The lowest BCUT2D eigenvalue weighted by atomic mass is 9.90. The molecule has 6 heteroatoms. The predicted octanol–water partition coefficient (Wildman–Crippen LogP) is 1.62. The fraction of sp³-hybridized carbons (Fsp3) is 0.647. The summed E-state index contributed by atoms with van der Waals surface area (Å²) in [6.07, 6.45) is 3.28. The van der Waals surface area contributed by atoms with E-state index in [4.69, 9.17) is 10.2 Å². The molecule has 0 aromatic carbocycles. The minimum Gasteiger partial charge on any atom is -0.459 e. The van der Waals surface area contributed by atoms with Gasteiger partial charge in [0.1, 0.15) is 6.04 Å². The first-order valence-corrected chi connectivity index (χ1v) is 8.29. The van der Waals surface area contributed by atoms with Crippen LogP contribution in [0.5, 0.6) is 0 Å². The molecule has 2 unspecified atom stereocenters. The Hall–Kier alpha value is -1.82. The van der Waals surface area contributed by atoms with Gasteiger partial charge in [-0.05, 0) is 43.7 Å². The summed E-state index contributed by atoms with van der Waals surface area (Å²) >= 11 is 0. The Labute approximate surface area is 137 Å². The molecule has 0 spiro atoms. The van der Waals surface area contributed by atoms with Gasteiger partial charge >= 0.3 is 0 Å². The molecule has 128 valence electrons. The second-order valence-corrected chi connectivity index (χ2v) is 6.69. The van der Waals surface area contributed by atoms with Gasteiger partial charge in [0.05, 0.1) is 6.26 Å². The van der Waals surface area contributed by atoms with E-state index in [0.29, 0.717) is 19.0 Å². The molecule has 1 saturated heterocycles. The van der Waals surface area contributed by atoms with Gasteiger partial charge in [-0.25, -0.2) is 0 Å². The van der Waals surface area contributed by atoms with Crippen LogP contribution in [0.15, 0.2) is 22.8 Å². The highest BCUT2D eigenvalue weighted by Gasteiger charge is 2.32. The van der Waals surface area contributed by atoms with E-state index in [0.717, 1.165) is 12.8 Å². The maximum atomic E-state index is 12.8. The van der Waals surface area contributed by atoms with Crippen LogP contribution in [0.2, 0.25) is 0 Å². The number of piperidine rings is 1. The van der Waals surface area contributed by atoms with Crippen LogP contribution < -0.4 is 11.1 Å². The molecule has 2 heterocycles. The second kappa shape index (κ2) is 7.64. The third kappa shape index (κ3) is 4.34. The van der Waals surface area contributed by atoms with Gasteiger partial charge in [0.15, 0.2) is 5.76 Å². The molecule has 0 bridgehead atoms. The molecule has 0 radical (unpaired) electrons. The average Bonchev–Trinajstić information content (AvgIpc) is 3.06. The molecule has 2 amide bonds. The van der Waals surface area contributed by atoms with Crippen LogP contribution in [0.4, 0.5) is 0 Å². The summed E-state index contributed by atoms with van der Waals surface area (Å²) in [5.41, 5.74) is 5.95. The van der Waals surface area contributed by atoms with Gasteiger partial charge in [-0.3, -0.25) is 9.59 Å². The predicted molar refractivity (Wildman–Crippen MR) is 87.8 cm³/mol. The number of hydrogen-bond acceptors (Lipinski definition) is 4. The number of nitrogens with zero attached hydrogens (tertiary/aromatic N) is 1. The van der Waals surface area contributed by atoms with Crippen LogP contribution in [0.25, 0.3) is 0 Å². The number of rotatable bonds is 5. The van der Waals surface area contributed by atoms with Gasteiger partial charge in [-0.15, -0.1) is 0 Å². The lowest BCUT2D eigenvalue weighted by Gasteiger charge is -2.36. The normalized spacial score (nSPS) is 18.7. The van der Waals surface area contributed by atoms with Gasteiger partial charge in [-0.1, -0.05) is 13.8 Å². The van der Waals surface area contributed by atoms with E-state index in [9.17, 15) is 9.59 Å². The standard InChI is InChI=1S/C17H27N3O3/c1-11(2)15(19-16(21)14-5-4-10-23-14)17(22)20-8-6-13(7-9-20)12(3)18/h4-5,10-13,15H,6-9,18H2,1-3H3,(H,19,21). The molecule has 1 aliphatic rings. The van der Waals surface area contributed by atoms with Crippen LogP contribution in [0.3, 0.4) is 0 Å². The Morgan fingerprint density at radius 3 is 2.43 bits per heavy atom. The quantitative estimate of drug-likeness (QED) is 0.862. The molecule has 23 heavy (non-hydrogen) atoms. The molecule has 1 aromatic heterocycles. The molecule has 1 aliphatic heterocycles. The van der Waals surface area contributed by atoms with Crippen LogP contribution in [0, 0.1) is 11.8 Å². The summed E-state index contributed by atoms with van der Waals surface area (Å²) in [5.74, 6) is 0.316. The first-order chi connectivity index (χ1) is 10.9. The van der Waals surface area contributed by atoms with Crippen molar-refractivity contribution in [2.45, 2.75) is 45.7 Å². The van der Waals surface area contributed by atoms with Crippen LogP contribution in [-0.4, -0.2) is 41.9 Å². The zero-order valence-corrected chi connectivity index (χ0v) is 14.1. The van der Waals surface area contributed by atoms with Crippen molar-refractivity contribution in [2.75, 3.05) is 13.1 Å². The average molecular weight is 321 g/mol. The number of carbonyl (C=O) groups is 2. The molecule has 2 rings (SSSR count). The van der Waals surface area contributed by atoms with Crippen molar-refractivity contribution in [3.05, 3.63) is 24.2 Å². The minimum atomic E-state index is -0.542. The Bertz CT molecular complexity index is 517. The monoisotopic (exact) mass is 321 g/mol. The third-order valence-corrected chi connectivity index (χ3v) is 4.56. The fourth-order valence-electron chi connectivity index (χ4n) is 2.98. The maximum absolute atomic E-state index is 12.8. The van der Waals surface area contributed by atoms with E-state index in [1.54, 1.807) is 12.1 Å². The Morgan fingerprint density at radius 1 is 1.30 bits per heavy atom. The van der Waals surface area contributed by atoms with Crippen LogP contribution >= 0.6 is 0 Å². The van der Waals surface area contributed by atoms with Crippen molar-refractivity contribution in [1.29, 1.82) is 0 Å². The summed E-state index contributed by atoms with van der Waals surface area (Å²) in [4.78, 5) is 26.8. The highest BCUT2D eigenvalue weighted by Crippen LogP contribution is 2.21. The molecule has 1 fully saturated rings. The topological polar surface area (TPSA) is 88.6 Å². The van der Waals surface area contributed by atoms with Crippen molar-refractivity contribution < 1.29 is 14.0 Å².